The van der Waals surface area contributed by atoms with Gasteiger partial charge in [0.2, 0.25) is 0 Å². The van der Waals surface area contributed by atoms with Crippen molar-refractivity contribution in [2.75, 3.05) is 0 Å². The normalized spacial score (nSPS) is 13.9. The Kier molecular flexibility index (Phi) is 12.1. The van der Waals surface area contributed by atoms with Gasteiger partial charge in [-0.25, -0.2) is 9.18 Å². The molecule has 0 aromatic heterocycles. The summed E-state index contributed by atoms with van der Waals surface area (Å²) in [5.41, 5.74) is -0.722. The Bertz CT molecular complexity index is 1300. The van der Waals surface area contributed by atoms with Gasteiger partial charge in [-0.1, -0.05) is 54.8 Å². The Morgan fingerprint density at radius 2 is 1.71 bits per heavy atom. The fourth-order valence-electron chi connectivity index (χ4n) is 4.34. The Hall–Kier alpha value is -3.19. The van der Waals surface area contributed by atoms with E-state index in [1.807, 2.05) is 6.92 Å². The van der Waals surface area contributed by atoms with Crippen LogP contribution in [-0.2, 0) is 10.9 Å². The van der Waals surface area contributed by atoms with Crippen molar-refractivity contribution in [1.29, 1.82) is 0 Å². The third-order valence-corrected chi connectivity index (χ3v) is 6.68. The lowest BCUT2D eigenvalue weighted by molar-refractivity contribution is -0.137. The van der Waals surface area contributed by atoms with E-state index in [1.165, 1.54) is 0 Å². The molecule has 0 bridgehead atoms. The Labute approximate surface area is 244 Å². The number of rotatable bonds is 12. The molecule has 0 aliphatic rings. The summed E-state index contributed by atoms with van der Waals surface area (Å²) >= 11 is 6.33. The molecule has 0 aliphatic heterocycles. The fourth-order valence-corrected chi connectivity index (χ4v) is 4.53. The average Bonchev–Trinajstić information content (AvgIpc) is 2.89. The maximum atomic E-state index is 14.9. The van der Waals surface area contributed by atoms with E-state index < -0.39 is 46.4 Å². The van der Waals surface area contributed by atoms with Crippen molar-refractivity contribution in [3.05, 3.63) is 105 Å². The summed E-state index contributed by atoms with van der Waals surface area (Å²) in [7, 11) is 0. The van der Waals surface area contributed by atoms with Crippen molar-refractivity contribution >= 4 is 23.4 Å². The maximum Gasteiger partial charge on any atom is 0.416 e. The highest BCUT2D eigenvalue weighted by Gasteiger charge is 2.34. The van der Waals surface area contributed by atoms with Crippen LogP contribution in [0.1, 0.15) is 104 Å². The van der Waals surface area contributed by atoms with E-state index in [4.69, 9.17) is 16.3 Å². The van der Waals surface area contributed by atoms with Gasteiger partial charge in [-0.05, 0) is 89.3 Å². The van der Waals surface area contributed by atoms with Gasteiger partial charge in [-0.3, -0.25) is 4.79 Å². The third kappa shape index (κ3) is 9.99. The van der Waals surface area contributed by atoms with Gasteiger partial charge in [-0.2, -0.15) is 13.2 Å². The first kappa shape index (κ1) is 34.0. The zero-order valence-electron chi connectivity index (χ0n) is 24.1. The number of halogens is 5. The first-order chi connectivity index (χ1) is 19.1. The number of ketones is 1. The molecule has 0 heterocycles. The lowest BCUT2D eigenvalue weighted by Gasteiger charge is -2.24. The number of carbonyl (C=O) groups excluding carboxylic acids is 2. The summed E-state index contributed by atoms with van der Waals surface area (Å²) in [6.45, 7) is 12.6. The van der Waals surface area contributed by atoms with Crippen molar-refractivity contribution < 1.29 is 31.9 Å². The van der Waals surface area contributed by atoms with E-state index >= 15 is 0 Å². The Morgan fingerprint density at radius 3 is 2.24 bits per heavy atom. The molecule has 0 spiro atoms. The highest BCUT2D eigenvalue weighted by molar-refractivity contribution is 6.29. The lowest BCUT2D eigenvalue weighted by atomic mass is 9.80. The summed E-state index contributed by atoms with van der Waals surface area (Å²) in [4.78, 5) is 26.5. The molecular weight excluding hydrogens is 556 g/mol. The molecule has 2 rings (SSSR count). The summed E-state index contributed by atoms with van der Waals surface area (Å²) in [6, 6.07) is 8.39. The summed E-state index contributed by atoms with van der Waals surface area (Å²) in [5, 5.41) is 0.551. The van der Waals surface area contributed by atoms with E-state index in [1.54, 1.807) is 64.1 Å². The number of hydrogen-bond donors (Lipinski definition) is 0. The van der Waals surface area contributed by atoms with Crippen molar-refractivity contribution in [3.8, 4) is 0 Å². The Balaban J connectivity index is 2.67. The number of carbonyl (C=O) groups is 2. The first-order valence-corrected chi connectivity index (χ1v) is 13.9. The molecule has 2 aromatic rings. The maximum absolute atomic E-state index is 14.9. The molecule has 0 radical (unpaired) electrons. The molecule has 8 heteroatoms. The smallest absolute Gasteiger partial charge is 0.416 e. The number of alkyl halides is 3. The molecule has 41 heavy (non-hydrogen) atoms. The molecule has 0 saturated carbocycles. The van der Waals surface area contributed by atoms with Gasteiger partial charge in [0.05, 0.1) is 16.7 Å². The van der Waals surface area contributed by atoms with Gasteiger partial charge in [0.1, 0.15) is 11.4 Å². The average molecular weight is 593 g/mol. The van der Waals surface area contributed by atoms with E-state index in [0.29, 0.717) is 65.6 Å². The Morgan fingerprint density at radius 1 is 1.07 bits per heavy atom. The van der Waals surface area contributed by atoms with Crippen LogP contribution in [-0.4, -0.2) is 17.4 Å². The van der Waals surface area contributed by atoms with Crippen LogP contribution >= 0.6 is 11.6 Å². The van der Waals surface area contributed by atoms with E-state index in [0.717, 1.165) is 0 Å². The minimum Gasteiger partial charge on any atom is -0.456 e. The number of hydrogen-bond acceptors (Lipinski definition) is 3. The second kappa shape index (κ2) is 14.6. The van der Waals surface area contributed by atoms with Crippen LogP contribution in [0.15, 0.2) is 77.4 Å². The summed E-state index contributed by atoms with van der Waals surface area (Å²) in [5.74, 6) is -2.95. The molecule has 0 N–H and O–H groups in total. The number of benzene rings is 2. The standard InChI is InChI=1S/C33H37ClF4O3/c1-7-9-11-25(34)18-12-21(3)29(30(39)27-20-24(33(36,37)38)17-19-28(27)35)26(10-8-2)22-13-15-23(16-14-22)31(40)41-32(4,5)6/h7,13-20,26H,1,8-12H2,2-6H3/b25-18?,29-21+. The zero-order valence-corrected chi connectivity index (χ0v) is 24.9. The molecule has 0 amide bonds. The van der Waals surface area contributed by atoms with Crippen molar-refractivity contribution in [2.45, 2.75) is 84.4 Å². The topological polar surface area (TPSA) is 43.4 Å². The molecule has 1 atom stereocenters. The number of esters is 1. The van der Waals surface area contributed by atoms with Crippen LogP contribution in [0, 0.1) is 5.82 Å². The molecule has 0 fully saturated rings. The van der Waals surface area contributed by atoms with E-state index in [2.05, 4.69) is 6.58 Å². The van der Waals surface area contributed by atoms with Crippen LogP contribution < -0.4 is 0 Å². The largest absolute Gasteiger partial charge is 0.456 e. The van der Waals surface area contributed by atoms with Gasteiger partial charge in [-0.15, -0.1) is 6.58 Å². The first-order valence-electron chi connectivity index (χ1n) is 13.5. The molecule has 0 saturated heterocycles. The molecule has 0 aliphatic carbocycles. The van der Waals surface area contributed by atoms with Gasteiger partial charge >= 0.3 is 12.1 Å². The fraction of sp³-hybridized carbons (Fsp3) is 0.394. The second-order valence-electron chi connectivity index (χ2n) is 10.9. The second-order valence-corrected chi connectivity index (χ2v) is 11.3. The van der Waals surface area contributed by atoms with Gasteiger partial charge in [0.15, 0.2) is 5.78 Å². The SMILES string of the molecule is C=CCCC(Cl)=CC/C(C)=C(/C(=O)c1cc(C(F)(F)F)ccc1F)C(CCC)c1ccc(C(=O)OC(C)(C)C)cc1. The number of Topliss-reactive ketones (excluding diaryl/α,β-unsaturated/α-hetero) is 1. The molecule has 2 aromatic carbocycles. The highest BCUT2D eigenvalue weighted by atomic mass is 35.5. The number of allylic oxidation sites excluding steroid dienone is 5. The van der Waals surface area contributed by atoms with E-state index in [-0.39, 0.29) is 12.0 Å². The van der Waals surface area contributed by atoms with Crippen molar-refractivity contribution in [3.63, 3.8) is 0 Å². The summed E-state index contributed by atoms with van der Waals surface area (Å²) < 4.78 is 60.7. The third-order valence-electron chi connectivity index (χ3n) is 6.33. The van der Waals surface area contributed by atoms with Gasteiger partial charge in [0, 0.05) is 16.5 Å². The predicted octanol–water partition coefficient (Wildman–Crippen LogP) is 10.4. The lowest BCUT2D eigenvalue weighted by Crippen LogP contribution is -2.24. The van der Waals surface area contributed by atoms with E-state index in [9.17, 15) is 27.2 Å². The molecule has 1 unspecified atom stereocenters. The number of ether oxygens (including phenoxy) is 1. The quantitative estimate of drug-likeness (QED) is 0.0809. The van der Waals surface area contributed by atoms with Gasteiger partial charge < -0.3 is 4.74 Å². The molecule has 222 valence electrons. The summed E-state index contributed by atoms with van der Waals surface area (Å²) in [6.07, 6.45) is 1.25. The monoisotopic (exact) mass is 592 g/mol. The van der Waals surface area contributed by atoms with Crippen LogP contribution in [0.4, 0.5) is 17.6 Å². The highest BCUT2D eigenvalue weighted by Crippen LogP contribution is 2.37. The van der Waals surface area contributed by atoms with Crippen LogP contribution in [0.2, 0.25) is 0 Å². The van der Waals surface area contributed by atoms with Crippen LogP contribution in [0.3, 0.4) is 0 Å². The van der Waals surface area contributed by atoms with Crippen LogP contribution in [0.25, 0.3) is 0 Å². The van der Waals surface area contributed by atoms with Crippen LogP contribution in [0.5, 0.6) is 0 Å². The van der Waals surface area contributed by atoms with Crippen molar-refractivity contribution in [1.82, 2.24) is 0 Å². The molecular formula is C33H37ClF4O3. The molecule has 3 nitrogen and oxygen atoms in total. The zero-order chi connectivity index (χ0) is 31.0. The minimum absolute atomic E-state index is 0.194. The van der Waals surface area contributed by atoms with Crippen molar-refractivity contribution in [2.24, 2.45) is 0 Å². The minimum atomic E-state index is -4.75. The van der Waals surface area contributed by atoms with Gasteiger partial charge in [0.25, 0.3) is 0 Å². The predicted molar refractivity (Wildman–Crippen MR) is 156 cm³/mol.